The number of carbonyl (C=O) groups is 5. The summed E-state index contributed by atoms with van der Waals surface area (Å²) in [5, 5.41) is 47.4. The summed E-state index contributed by atoms with van der Waals surface area (Å²) in [5.74, 6) is -4.63. The molecule has 0 aliphatic carbocycles. The zero-order valence-corrected chi connectivity index (χ0v) is 28.7. The highest BCUT2D eigenvalue weighted by molar-refractivity contribution is 6.62. The van der Waals surface area contributed by atoms with E-state index < -0.39 is 62.0 Å². The van der Waals surface area contributed by atoms with Gasteiger partial charge in [0.2, 0.25) is 17.7 Å². The van der Waals surface area contributed by atoms with Gasteiger partial charge in [-0.3, -0.25) is 19.2 Å². The average Bonchev–Trinajstić information content (AvgIpc) is 3.85. The number of rotatable bonds is 15. The van der Waals surface area contributed by atoms with Crippen molar-refractivity contribution in [2.24, 2.45) is 11.8 Å². The van der Waals surface area contributed by atoms with Crippen molar-refractivity contribution in [2.45, 2.75) is 77.4 Å². The Bertz CT molecular complexity index is 1640. The third kappa shape index (κ3) is 8.97. The van der Waals surface area contributed by atoms with E-state index in [0.29, 0.717) is 55.2 Å². The molecule has 1 saturated heterocycles. The molecule has 3 aliphatic rings. The fourth-order valence-corrected chi connectivity index (χ4v) is 6.71. The number of aryl methyl sites for hydroxylation is 1. The van der Waals surface area contributed by atoms with Crippen LogP contribution in [0, 0.1) is 11.8 Å². The number of carboxylic acid groups (broad SMARTS) is 1. The van der Waals surface area contributed by atoms with Crippen LogP contribution in [0.5, 0.6) is 0 Å². The summed E-state index contributed by atoms with van der Waals surface area (Å²) in [6.07, 6.45) is 0.642. The Kier molecular flexibility index (Phi) is 12.5. The lowest BCUT2D eigenvalue weighted by Gasteiger charge is -2.29. The van der Waals surface area contributed by atoms with Gasteiger partial charge < -0.3 is 50.4 Å². The second kappa shape index (κ2) is 16.8. The van der Waals surface area contributed by atoms with Crippen molar-refractivity contribution in [1.29, 1.82) is 0 Å². The number of carboxylic acids is 1. The molecule has 0 bridgehead atoms. The van der Waals surface area contributed by atoms with Crippen molar-refractivity contribution in [2.75, 3.05) is 19.6 Å². The SMILES string of the molecule is CC[C@H](CNC(=O)[C@H](CCc1ccc2c(c1)B(O)OC2)CNC(=O)c1ccc2c(c1)B(O)OC2)C(=O)N1CCC[C@H]1C(=O)N[C@H](C(=O)O)[C@@H](C)O. The first-order valence-corrected chi connectivity index (χ1v) is 17.3. The normalized spacial score (nSPS) is 18.8. The molecule has 15 nitrogen and oxygen atoms in total. The van der Waals surface area contributed by atoms with Crippen LogP contribution in [0.1, 0.15) is 66.6 Å². The topological polar surface area (TPSA) is 224 Å². The molecule has 17 heteroatoms. The largest absolute Gasteiger partial charge is 0.491 e. The van der Waals surface area contributed by atoms with Gasteiger partial charge in [0, 0.05) is 25.2 Å². The standard InChI is InChI=1S/C34H44B2N4O11/c1-3-21(33(45)40-12-4-5-28(40)32(44)39-29(19(2)41)34(46)47)15-37-31(43)23(8-6-20-7-9-24-17-50-35(48)26(24)13-20)16-38-30(42)22-10-11-25-18-51-36(49)27(25)14-22/h7,9-11,13-14,19,21,23,28-29,41,48-49H,3-6,8,12,15-18H2,1-2H3,(H,37,43)(H,38,42)(H,39,44)(H,46,47)/t19-,21-,23-,28+,29+/m1/s1. The summed E-state index contributed by atoms with van der Waals surface area (Å²) < 4.78 is 10.5. The maximum Gasteiger partial charge on any atom is 0.491 e. The number of aliphatic hydroxyl groups excluding tert-OH is 1. The smallest absolute Gasteiger partial charge is 0.480 e. The number of benzene rings is 2. The first-order valence-electron chi connectivity index (χ1n) is 17.3. The highest BCUT2D eigenvalue weighted by Gasteiger charge is 2.39. The number of nitrogens with zero attached hydrogens (tertiary/aromatic N) is 1. The van der Waals surface area contributed by atoms with Crippen molar-refractivity contribution in [3.05, 3.63) is 58.7 Å². The summed E-state index contributed by atoms with van der Waals surface area (Å²) in [6, 6.07) is 8.08. The third-order valence-corrected chi connectivity index (χ3v) is 9.85. The van der Waals surface area contributed by atoms with Crippen LogP contribution in [0.2, 0.25) is 0 Å². The molecule has 5 rings (SSSR count). The molecular weight excluding hydrogens is 662 g/mol. The molecule has 5 atom stereocenters. The number of hydrogen-bond donors (Lipinski definition) is 7. The van der Waals surface area contributed by atoms with Gasteiger partial charge in [0.05, 0.1) is 31.2 Å². The number of amides is 4. The minimum absolute atomic E-state index is 0.0232. The molecule has 0 spiro atoms. The van der Waals surface area contributed by atoms with E-state index in [1.165, 1.54) is 11.8 Å². The molecular formula is C34H44B2N4O11. The zero-order chi connectivity index (χ0) is 36.8. The van der Waals surface area contributed by atoms with Crippen molar-refractivity contribution in [3.63, 3.8) is 0 Å². The van der Waals surface area contributed by atoms with Gasteiger partial charge in [-0.15, -0.1) is 0 Å². The Labute approximate surface area is 296 Å². The van der Waals surface area contributed by atoms with Crippen molar-refractivity contribution < 1.29 is 53.5 Å². The van der Waals surface area contributed by atoms with Gasteiger partial charge in [-0.1, -0.05) is 31.2 Å². The molecule has 51 heavy (non-hydrogen) atoms. The van der Waals surface area contributed by atoms with Gasteiger partial charge in [0.25, 0.3) is 5.91 Å². The van der Waals surface area contributed by atoms with Gasteiger partial charge >= 0.3 is 20.2 Å². The molecule has 272 valence electrons. The number of aliphatic hydroxyl groups is 1. The number of likely N-dealkylation sites (tertiary alicyclic amines) is 1. The molecule has 3 heterocycles. The number of aliphatic carboxylic acids is 1. The van der Waals surface area contributed by atoms with Crippen molar-refractivity contribution in [3.8, 4) is 0 Å². The van der Waals surface area contributed by atoms with E-state index in [1.807, 2.05) is 18.2 Å². The van der Waals surface area contributed by atoms with Gasteiger partial charge in [0.1, 0.15) is 6.04 Å². The molecule has 2 aromatic rings. The summed E-state index contributed by atoms with van der Waals surface area (Å²) in [4.78, 5) is 66.4. The first kappa shape index (κ1) is 38.0. The van der Waals surface area contributed by atoms with Crippen LogP contribution in [0.4, 0.5) is 0 Å². The maximum absolute atomic E-state index is 13.7. The molecule has 4 amide bonds. The zero-order valence-electron chi connectivity index (χ0n) is 28.7. The Hall–Kier alpha value is -4.28. The minimum Gasteiger partial charge on any atom is -0.480 e. The van der Waals surface area contributed by atoms with Crippen LogP contribution < -0.4 is 26.9 Å². The van der Waals surface area contributed by atoms with Crippen LogP contribution >= 0.6 is 0 Å². The van der Waals surface area contributed by atoms with E-state index >= 15 is 0 Å². The average molecular weight is 706 g/mol. The second-order valence-electron chi connectivity index (χ2n) is 13.3. The predicted molar refractivity (Wildman–Crippen MR) is 185 cm³/mol. The van der Waals surface area contributed by atoms with Crippen LogP contribution in [-0.2, 0) is 48.1 Å². The maximum atomic E-state index is 13.7. The van der Waals surface area contributed by atoms with Gasteiger partial charge in [-0.2, -0.15) is 0 Å². The molecule has 0 saturated carbocycles. The van der Waals surface area contributed by atoms with E-state index in [1.54, 1.807) is 25.1 Å². The molecule has 7 N–H and O–H groups in total. The Balaban J connectivity index is 1.24. The van der Waals surface area contributed by atoms with Crippen molar-refractivity contribution >= 4 is 54.8 Å². The minimum atomic E-state index is -1.52. The van der Waals surface area contributed by atoms with E-state index in [-0.39, 0.29) is 38.1 Å². The molecule has 1 fully saturated rings. The summed E-state index contributed by atoms with van der Waals surface area (Å²) in [7, 11) is -2.14. The highest BCUT2D eigenvalue weighted by atomic mass is 16.5. The predicted octanol–water partition coefficient (Wildman–Crippen LogP) is -1.82. The molecule has 2 aromatic carbocycles. The summed E-state index contributed by atoms with van der Waals surface area (Å²) in [6.45, 7) is 3.83. The molecule has 3 aliphatic heterocycles. The molecule has 0 aromatic heterocycles. The monoisotopic (exact) mass is 706 g/mol. The quantitative estimate of drug-likeness (QED) is 0.102. The van der Waals surface area contributed by atoms with Crippen LogP contribution in [0.25, 0.3) is 0 Å². The molecule has 0 unspecified atom stereocenters. The fourth-order valence-electron chi connectivity index (χ4n) is 6.71. The van der Waals surface area contributed by atoms with Crippen LogP contribution in [0.3, 0.4) is 0 Å². The van der Waals surface area contributed by atoms with E-state index in [4.69, 9.17) is 9.31 Å². The number of hydrogen-bond acceptors (Lipinski definition) is 10. The first-order chi connectivity index (χ1) is 24.4. The van der Waals surface area contributed by atoms with E-state index in [9.17, 15) is 44.2 Å². The number of nitrogens with one attached hydrogen (secondary N) is 3. The second-order valence-corrected chi connectivity index (χ2v) is 13.3. The lowest BCUT2D eigenvalue weighted by Crippen LogP contribution is -2.55. The van der Waals surface area contributed by atoms with Crippen LogP contribution in [-0.4, -0.2) is 107 Å². The number of fused-ring (bicyclic) bond motifs is 2. The lowest BCUT2D eigenvalue weighted by molar-refractivity contribution is -0.147. The highest BCUT2D eigenvalue weighted by Crippen LogP contribution is 2.22. The van der Waals surface area contributed by atoms with Gasteiger partial charge in [0.15, 0.2) is 6.04 Å². The Morgan fingerprint density at radius 2 is 1.59 bits per heavy atom. The summed E-state index contributed by atoms with van der Waals surface area (Å²) >= 11 is 0. The van der Waals surface area contributed by atoms with E-state index in [2.05, 4.69) is 16.0 Å². The van der Waals surface area contributed by atoms with Crippen molar-refractivity contribution in [1.82, 2.24) is 20.9 Å². The molecule has 0 radical (unpaired) electrons. The van der Waals surface area contributed by atoms with E-state index in [0.717, 1.165) is 16.7 Å². The van der Waals surface area contributed by atoms with Gasteiger partial charge in [-0.05, 0) is 78.8 Å². The van der Waals surface area contributed by atoms with Gasteiger partial charge in [-0.25, -0.2) is 4.79 Å². The number of carbonyl (C=O) groups excluding carboxylic acids is 4. The lowest BCUT2D eigenvalue weighted by atomic mass is 9.78. The Morgan fingerprint density at radius 3 is 2.24 bits per heavy atom. The Morgan fingerprint density at radius 1 is 0.941 bits per heavy atom. The van der Waals surface area contributed by atoms with Crippen LogP contribution in [0.15, 0.2) is 36.4 Å². The fraction of sp³-hybridized carbons (Fsp3) is 0.500. The summed E-state index contributed by atoms with van der Waals surface area (Å²) in [5.41, 5.74) is 4.02. The third-order valence-electron chi connectivity index (χ3n) is 9.85.